The van der Waals surface area contributed by atoms with E-state index in [0.717, 1.165) is 0 Å². The van der Waals surface area contributed by atoms with Gasteiger partial charge in [0.15, 0.2) is 17.7 Å². The van der Waals surface area contributed by atoms with E-state index < -0.39 is 5.91 Å². The summed E-state index contributed by atoms with van der Waals surface area (Å²) in [5.74, 6) is -0.0427. The molecule has 0 aromatic carbocycles. The number of rotatable bonds is 4. The Morgan fingerprint density at radius 1 is 1.47 bits per heavy atom. The van der Waals surface area contributed by atoms with Crippen LogP contribution in [0.3, 0.4) is 0 Å². The van der Waals surface area contributed by atoms with Crippen LogP contribution < -0.4 is 5.73 Å². The number of primary amides is 1. The van der Waals surface area contributed by atoms with Crippen molar-refractivity contribution in [2.75, 3.05) is 0 Å². The zero-order chi connectivity index (χ0) is 12.4. The van der Waals surface area contributed by atoms with Crippen molar-refractivity contribution >= 4 is 12.2 Å². The molecule has 2 heterocycles. The molecule has 17 heavy (non-hydrogen) atoms. The number of aldehydes is 1. The largest absolute Gasteiger partial charge is 0.364 e. The van der Waals surface area contributed by atoms with Gasteiger partial charge in [0, 0.05) is 12.5 Å². The van der Waals surface area contributed by atoms with E-state index in [1.165, 1.54) is 6.07 Å². The smallest absolute Gasteiger partial charge is 0.271 e. The summed E-state index contributed by atoms with van der Waals surface area (Å²) in [6.07, 6.45) is 1.04. The number of nitrogens with two attached hydrogens (primary N) is 1. The van der Waals surface area contributed by atoms with Crippen molar-refractivity contribution < 1.29 is 18.6 Å². The quantitative estimate of drug-likeness (QED) is 0.784. The third kappa shape index (κ3) is 1.82. The summed E-state index contributed by atoms with van der Waals surface area (Å²) in [5.41, 5.74) is 5.61. The van der Waals surface area contributed by atoms with Gasteiger partial charge in [-0.2, -0.15) is 0 Å². The van der Waals surface area contributed by atoms with Crippen molar-refractivity contribution in [3.05, 3.63) is 23.2 Å². The summed E-state index contributed by atoms with van der Waals surface area (Å²) in [4.78, 5) is 21.7. The number of hydrogen-bond acceptors (Lipinski definition) is 6. The van der Waals surface area contributed by atoms with Crippen LogP contribution in [0.5, 0.6) is 0 Å². The Bertz CT molecular complexity index is 570. The Kier molecular flexibility index (Phi) is 2.73. The van der Waals surface area contributed by atoms with Crippen LogP contribution >= 0.6 is 0 Å². The molecule has 0 atom stereocenters. The van der Waals surface area contributed by atoms with Crippen LogP contribution in [0.25, 0.3) is 11.3 Å². The van der Waals surface area contributed by atoms with E-state index in [9.17, 15) is 9.59 Å². The van der Waals surface area contributed by atoms with Crippen LogP contribution in [0, 0.1) is 0 Å². The van der Waals surface area contributed by atoms with Crippen molar-refractivity contribution in [3.8, 4) is 11.3 Å². The van der Waals surface area contributed by atoms with E-state index in [1.54, 1.807) is 0 Å². The highest BCUT2D eigenvalue weighted by Crippen LogP contribution is 2.28. The van der Waals surface area contributed by atoms with Crippen LogP contribution in [0.2, 0.25) is 0 Å². The lowest BCUT2D eigenvalue weighted by Crippen LogP contribution is -2.12. The molecular weight excluding hydrogens is 226 g/mol. The maximum Gasteiger partial charge on any atom is 0.271 e. The predicted molar refractivity (Wildman–Crippen MR) is 55.3 cm³/mol. The number of amides is 1. The third-order valence-corrected chi connectivity index (χ3v) is 2.21. The summed E-state index contributed by atoms with van der Waals surface area (Å²) in [6, 6.07) is 1.39. The third-order valence-electron chi connectivity index (χ3n) is 2.21. The number of carbonyl (C=O) groups excluding carboxylic acids is 2. The van der Waals surface area contributed by atoms with Gasteiger partial charge in [0.1, 0.15) is 11.5 Å². The van der Waals surface area contributed by atoms with E-state index in [4.69, 9.17) is 14.8 Å². The van der Waals surface area contributed by atoms with E-state index in [0.29, 0.717) is 24.0 Å². The summed E-state index contributed by atoms with van der Waals surface area (Å²) >= 11 is 0. The van der Waals surface area contributed by atoms with Crippen molar-refractivity contribution in [2.45, 2.75) is 13.3 Å². The summed E-state index contributed by atoms with van der Waals surface area (Å²) in [7, 11) is 0. The first-order valence-corrected chi connectivity index (χ1v) is 4.88. The average molecular weight is 235 g/mol. The normalized spacial score (nSPS) is 10.4. The van der Waals surface area contributed by atoms with Gasteiger partial charge in [-0.3, -0.25) is 9.59 Å². The van der Waals surface area contributed by atoms with Gasteiger partial charge in [-0.1, -0.05) is 17.2 Å². The SMILES string of the molecule is CCc1onc(C(N)=O)c1-c1cc(C=O)no1. The Hall–Kier alpha value is -2.44. The number of carbonyl (C=O) groups is 2. The topological polar surface area (TPSA) is 112 Å². The molecule has 1 amide bonds. The first kappa shape index (κ1) is 11.1. The molecule has 0 aliphatic carbocycles. The van der Waals surface area contributed by atoms with Crippen molar-refractivity contribution in [1.29, 1.82) is 0 Å². The van der Waals surface area contributed by atoms with Gasteiger partial charge < -0.3 is 14.8 Å². The lowest BCUT2D eigenvalue weighted by atomic mass is 10.1. The van der Waals surface area contributed by atoms with Gasteiger partial charge in [-0.25, -0.2) is 0 Å². The fraction of sp³-hybridized carbons (Fsp3) is 0.200. The second-order valence-corrected chi connectivity index (χ2v) is 3.28. The average Bonchev–Trinajstić information content (AvgIpc) is 2.94. The summed E-state index contributed by atoms with van der Waals surface area (Å²) in [5, 5.41) is 7.07. The predicted octanol–water partition coefficient (Wildman–Crippen LogP) is 0.803. The monoisotopic (exact) mass is 235 g/mol. The molecule has 0 saturated heterocycles. The summed E-state index contributed by atoms with van der Waals surface area (Å²) in [6.45, 7) is 1.83. The van der Waals surface area contributed by atoms with Gasteiger partial charge in [-0.15, -0.1) is 0 Å². The second kappa shape index (κ2) is 4.20. The molecule has 0 aliphatic rings. The van der Waals surface area contributed by atoms with Crippen molar-refractivity contribution in [1.82, 2.24) is 10.3 Å². The highest BCUT2D eigenvalue weighted by atomic mass is 16.5. The van der Waals surface area contributed by atoms with Gasteiger partial charge in [0.2, 0.25) is 0 Å². The van der Waals surface area contributed by atoms with Crippen LogP contribution in [-0.4, -0.2) is 22.5 Å². The van der Waals surface area contributed by atoms with E-state index >= 15 is 0 Å². The molecule has 0 saturated carbocycles. The first-order chi connectivity index (χ1) is 8.17. The molecule has 88 valence electrons. The van der Waals surface area contributed by atoms with Crippen LogP contribution in [-0.2, 0) is 6.42 Å². The van der Waals surface area contributed by atoms with E-state index in [1.807, 2.05) is 6.92 Å². The minimum atomic E-state index is -0.729. The Balaban J connectivity index is 2.59. The number of nitrogens with zero attached hydrogens (tertiary/aromatic N) is 2. The van der Waals surface area contributed by atoms with E-state index in [2.05, 4.69) is 10.3 Å². The van der Waals surface area contributed by atoms with Crippen molar-refractivity contribution in [2.24, 2.45) is 5.73 Å². The highest BCUT2D eigenvalue weighted by molar-refractivity contribution is 5.97. The fourth-order valence-electron chi connectivity index (χ4n) is 1.45. The number of aromatic nitrogens is 2. The Morgan fingerprint density at radius 2 is 2.24 bits per heavy atom. The fourth-order valence-corrected chi connectivity index (χ4v) is 1.45. The van der Waals surface area contributed by atoms with Crippen LogP contribution in [0.15, 0.2) is 15.1 Å². The maximum atomic E-state index is 11.2. The zero-order valence-corrected chi connectivity index (χ0v) is 8.97. The minimum absolute atomic E-state index is 0.0320. The Morgan fingerprint density at radius 3 is 2.76 bits per heavy atom. The molecule has 0 aliphatic heterocycles. The molecule has 2 aromatic heterocycles. The van der Waals surface area contributed by atoms with Gasteiger partial charge in [0.05, 0.1) is 5.56 Å². The first-order valence-electron chi connectivity index (χ1n) is 4.88. The standard InChI is InChI=1S/C10H9N3O4/c1-2-6-8(9(10(11)15)13-16-6)7-3-5(4-14)12-17-7/h3-4H,2H2,1H3,(H2,11,15). The Labute approximate surface area is 95.5 Å². The van der Waals surface area contributed by atoms with Gasteiger partial charge in [0.25, 0.3) is 5.91 Å². The number of hydrogen-bond donors (Lipinski definition) is 1. The molecule has 7 nitrogen and oxygen atoms in total. The molecule has 0 fully saturated rings. The minimum Gasteiger partial charge on any atom is -0.364 e. The number of aryl methyl sites for hydroxylation is 1. The molecule has 0 bridgehead atoms. The van der Waals surface area contributed by atoms with E-state index in [-0.39, 0.29) is 17.1 Å². The molecule has 0 spiro atoms. The molecule has 2 N–H and O–H groups in total. The zero-order valence-electron chi connectivity index (χ0n) is 8.97. The molecule has 2 aromatic rings. The molecule has 0 radical (unpaired) electrons. The highest BCUT2D eigenvalue weighted by Gasteiger charge is 2.23. The van der Waals surface area contributed by atoms with Crippen LogP contribution in [0.1, 0.15) is 33.7 Å². The lowest BCUT2D eigenvalue weighted by Gasteiger charge is -1.94. The molecule has 2 rings (SSSR count). The molecule has 0 unspecified atom stereocenters. The molecule has 7 heteroatoms. The summed E-state index contributed by atoms with van der Waals surface area (Å²) < 4.78 is 9.92. The van der Waals surface area contributed by atoms with Gasteiger partial charge >= 0.3 is 0 Å². The van der Waals surface area contributed by atoms with Gasteiger partial charge in [-0.05, 0) is 0 Å². The second-order valence-electron chi connectivity index (χ2n) is 3.28. The molecular formula is C10H9N3O4. The maximum absolute atomic E-state index is 11.2. The van der Waals surface area contributed by atoms with Crippen molar-refractivity contribution in [3.63, 3.8) is 0 Å². The lowest BCUT2D eigenvalue weighted by molar-refractivity contribution is 0.0991. The van der Waals surface area contributed by atoms with Crippen LogP contribution in [0.4, 0.5) is 0 Å².